The maximum atomic E-state index is 10.7. The normalized spacial score (nSPS) is 27.2. The van der Waals surface area contributed by atoms with Crippen molar-refractivity contribution < 1.29 is 9.90 Å². The summed E-state index contributed by atoms with van der Waals surface area (Å²) in [5.41, 5.74) is 7.24. The molecule has 1 amide bonds. The largest absolute Gasteiger partial charge is 0.465 e. The molecule has 0 aromatic rings. The maximum absolute atomic E-state index is 10.7. The van der Waals surface area contributed by atoms with E-state index in [1.54, 1.807) is 0 Å². The Kier molecular flexibility index (Phi) is 2.10. The quantitative estimate of drug-likeness (QED) is 0.494. The molecule has 5 heteroatoms. The van der Waals surface area contributed by atoms with Gasteiger partial charge in [-0.25, -0.2) is 10.2 Å². The molecular weight excluding hydrogens is 170 g/mol. The fourth-order valence-electron chi connectivity index (χ4n) is 1.75. The molecule has 1 unspecified atom stereocenters. The SMILES string of the molecule is O=C(O)N1CC=C2NNCC2CC1. The highest BCUT2D eigenvalue weighted by Gasteiger charge is 2.25. The molecule has 2 aliphatic heterocycles. The fraction of sp³-hybridized carbons (Fsp3) is 0.625. The summed E-state index contributed by atoms with van der Waals surface area (Å²) in [6.45, 7) is 2.03. The second kappa shape index (κ2) is 3.26. The van der Waals surface area contributed by atoms with Crippen LogP contribution in [-0.2, 0) is 0 Å². The third kappa shape index (κ3) is 1.60. The van der Waals surface area contributed by atoms with E-state index in [2.05, 4.69) is 10.9 Å². The molecule has 1 atom stereocenters. The van der Waals surface area contributed by atoms with Crippen LogP contribution in [0, 0.1) is 5.92 Å². The van der Waals surface area contributed by atoms with Crippen LogP contribution in [0.2, 0.25) is 0 Å². The minimum Gasteiger partial charge on any atom is -0.465 e. The Labute approximate surface area is 76.4 Å². The van der Waals surface area contributed by atoms with E-state index in [4.69, 9.17) is 5.11 Å². The average Bonchev–Trinajstić information content (AvgIpc) is 2.44. The topological polar surface area (TPSA) is 64.6 Å². The van der Waals surface area contributed by atoms with Crippen LogP contribution in [0.25, 0.3) is 0 Å². The summed E-state index contributed by atoms with van der Waals surface area (Å²) in [7, 11) is 0. The number of nitrogens with zero attached hydrogens (tertiary/aromatic N) is 1. The molecule has 3 N–H and O–H groups in total. The second-order valence-electron chi connectivity index (χ2n) is 3.38. The number of hydrogen-bond donors (Lipinski definition) is 3. The minimum atomic E-state index is -0.829. The first kappa shape index (κ1) is 8.37. The van der Waals surface area contributed by atoms with E-state index in [1.165, 1.54) is 4.90 Å². The van der Waals surface area contributed by atoms with E-state index in [-0.39, 0.29) is 0 Å². The van der Waals surface area contributed by atoms with Gasteiger partial charge in [-0.15, -0.1) is 0 Å². The van der Waals surface area contributed by atoms with E-state index in [1.807, 2.05) is 6.08 Å². The molecule has 13 heavy (non-hydrogen) atoms. The van der Waals surface area contributed by atoms with Gasteiger partial charge in [-0.2, -0.15) is 0 Å². The Balaban J connectivity index is 2.06. The van der Waals surface area contributed by atoms with Crippen molar-refractivity contribution in [3.63, 3.8) is 0 Å². The van der Waals surface area contributed by atoms with Crippen molar-refractivity contribution in [1.29, 1.82) is 0 Å². The molecular formula is C8H13N3O2. The van der Waals surface area contributed by atoms with Gasteiger partial charge in [-0.3, -0.25) is 0 Å². The van der Waals surface area contributed by atoms with Crippen LogP contribution in [0.3, 0.4) is 0 Å². The molecule has 5 nitrogen and oxygen atoms in total. The summed E-state index contributed by atoms with van der Waals surface area (Å²) in [6.07, 6.45) is 2.02. The Morgan fingerprint density at radius 3 is 3.31 bits per heavy atom. The van der Waals surface area contributed by atoms with E-state index < -0.39 is 6.09 Å². The van der Waals surface area contributed by atoms with E-state index >= 15 is 0 Å². The predicted octanol–water partition coefficient (Wildman–Crippen LogP) is -0.0220. The lowest BCUT2D eigenvalue weighted by Gasteiger charge is -2.15. The van der Waals surface area contributed by atoms with Gasteiger partial charge in [0.25, 0.3) is 0 Å². The molecule has 1 fully saturated rings. The minimum absolute atomic E-state index is 0.462. The van der Waals surface area contributed by atoms with Crippen LogP contribution in [0.4, 0.5) is 4.79 Å². The zero-order valence-electron chi connectivity index (χ0n) is 7.29. The third-order valence-electron chi connectivity index (χ3n) is 2.57. The first-order valence-corrected chi connectivity index (χ1v) is 4.44. The highest BCUT2D eigenvalue weighted by atomic mass is 16.4. The van der Waals surface area contributed by atoms with Gasteiger partial charge in [0, 0.05) is 31.2 Å². The van der Waals surface area contributed by atoms with Crippen LogP contribution in [0.1, 0.15) is 6.42 Å². The Morgan fingerprint density at radius 1 is 1.69 bits per heavy atom. The second-order valence-corrected chi connectivity index (χ2v) is 3.38. The van der Waals surface area contributed by atoms with Gasteiger partial charge >= 0.3 is 6.09 Å². The van der Waals surface area contributed by atoms with Gasteiger partial charge in [-0.05, 0) is 12.5 Å². The van der Waals surface area contributed by atoms with Crippen LogP contribution >= 0.6 is 0 Å². The summed E-state index contributed by atoms with van der Waals surface area (Å²) >= 11 is 0. The summed E-state index contributed by atoms with van der Waals surface area (Å²) in [5.74, 6) is 0.462. The van der Waals surface area contributed by atoms with E-state index in [0.29, 0.717) is 19.0 Å². The predicted molar refractivity (Wildman–Crippen MR) is 46.9 cm³/mol. The Bertz CT molecular complexity index is 252. The summed E-state index contributed by atoms with van der Waals surface area (Å²) in [6, 6.07) is 0. The van der Waals surface area contributed by atoms with Crippen molar-refractivity contribution in [1.82, 2.24) is 15.8 Å². The standard InChI is InChI=1S/C8H13N3O2/c12-8(13)11-3-1-6-5-9-10-7(6)2-4-11/h2,6,9-10H,1,3-5H2,(H,12,13). The molecule has 0 spiro atoms. The maximum Gasteiger partial charge on any atom is 0.407 e. The van der Waals surface area contributed by atoms with E-state index in [0.717, 1.165) is 18.7 Å². The van der Waals surface area contributed by atoms with Gasteiger partial charge in [-0.1, -0.05) is 0 Å². The number of nitrogens with one attached hydrogen (secondary N) is 2. The lowest BCUT2D eigenvalue weighted by atomic mass is 10.0. The molecule has 0 radical (unpaired) electrons. The van der Waals surface area contributed by atoms with Gasteiger partial charge < -0.3 is 15.4 Å². The van der Waals surface area contributed by atoms with Crippen molar-refractivity contribution in [3.05, 3.63) is 11.8 Å². The summed E-state index contributed by atoms with van der Waals surface area (Å²) in [4.78, 5) is 12.1. The van der Waals surface area contributed by atoms with Crippen LogP contribution < -0.4 is 10.9 Å². The smallest absolute Gasteiger partial charge is 0.407 e. The van der Waals surface area contributed by atoms with Crippen molar-refractivity contribution in [2.45, 2.75) is 6.42 Å². The number of carbonyl (C=O) groups is 1. The van der Waals surface area contributed by atoms with Crippen LogP contribution in [0.15, 0.2) is 11.8 Å². The number of hydrazine groups is 1. The van der Waals surface area contributed by atoms with Gasteiger partial charge in [0.15, 0.2) is 0 Å². The molecule has 2 heterocycles. The van der Waals surface area contributed by atoms with Gasteiger partial charge in [0.2, 0.25) is 0 Å². The molecule has 0 bridgehead atoms. The lowest BCUT2D eigenvalue weighted by Crippen LogP contribution is -2.31. The van der Waals surface area contributed by atoms with Crippen LogP contribution in [0.5, 0.6) is 0 Å². The summed E-state index contributed by atoms with van der Waals surface area (Å²) < 4.78 is 0. The molecule has 0 aromatic carbocycles. The first-order chi connectivity index (χ1) is 6.27. The Hall–Kier alpha value is -1.23. The fourth-order valence-corrected chi connectivity index (χ4v) is 1.75. The number of carboxylic acid groups (broad SMARTS) is 1. The monoisotopic (exact) mass is 183 g/mol. The van der Waals surface area contributed by atoms with Crippen molar-refractivity contribution >= 4 is 6.09 Å². The number of hydrogen-bond acceptors (Lipinski definition) is 3. The highest BCUT2D eigenvalue weighted by molar-refractivity contribution is 5.65. The van der Waals surface area contributed by atoms with Crippen molar-refractivity contribution in [2.75, 3.05) is 19.6 Å². The van der Waals surface area contributed by atoms with Crippen molar-refractivity contribution in [3.8, 4) is 0 Å². The van der Waals surface area contributed by atoms with Crippen molar-refractivity contribution in [2.24, 2.45) is 5.92 Å². The molecule has 0 aromatic heterocycles. The molecule has 0 aliphatic carbocycles. The van der Waals surface area contributed by atoms with Crippen LogP contribution in [-0.4, -0.2) is 35.7 Å². The Morgan fingerprint density at radius 2 is 2.54 bits per heavy atom. The first-order valence-electron chi connectivity index (χ1n) is 4.44. The zero-order valence-corrected chi connectivity index (χ0v) is 7.29. The molecule has 2 aliphatic rings. The lowest BCUT2D eigenvalue weighted by molar-refractivity contribution is 0.149. The average molecular weight is 183 g/mol. The molecule has 1 saturated heterocycles. The molecule has 72 valence electrons. The number of rotatable bonds is 0. The van der Waals surface area contributed by atoms with Gasteiger partial charge in [0.05, 0.1) is 0 Å². The highest BCUT2D eigenvalue weighted by Crippen LogP contribution is 2.19. The summed E-state index contributed by atoms with van der Waals surface area (Å²) in [5, 5.41) is 8.79. The number of fused-ring (bicyclic) bond motifs is 1. The zero-order chi connectivity index (χ0) is 9.26. The molecule has 2 rings (SSSR count). The van der Waals surface area contributed by atoms with E-state index in [9.17, 15) is 4.79 Å². The molecule has 0 saturated carbocycles. The number of amides is 1. The third-order valence-corrected chi connectivity index (χ3v) is 2.57. The van der Waals surface area contributed by atoms with Gasteiger partial charge in [0.1, 0.15) is 0 Å².